The lowest BCUT2D eigenvalue weighted by Gasteiger charge is -2.06. The zero-order valence-electron chi connectivity index (χ0n) is 10.1. The first kappa shape index (κ1) is 13.9. The van der Waals surface area contributed by atoms with Crippen molar-refractivity contribution in [1.29, 1.82) is 0 Å². The van der Waals surface area contributed by atoms with E-state index in [4.69, 9.17) is 10.5 Å². The van der Waals surface area contributed by atoms with Crippen LogP contribution in [0.4, 0.5) is 5.69 Å². The molecule has 100 valence electrons. The molecule has 0 unspecified atom stereocenters. The minimum Gasteiger partial charge on any atom is -0.484 e. The molecule has 0 aliphatic heterocycles. The van der Waals surface area contributed by atoms with Gasteiger partial charge in [0, 0.05) is 10.6 Å². The van der Waals surface area contributed by atoms with E-state index >= 15 is 0 Å². The second kappa shape index (κ2) is 6.58. The molecule has 0 aliphatic carbocycles. The Kier molecular flexibility index (Phi) is 4.81. The van der Waals surface area contributed by atoms with Crippen LogP contribution in [0, 0.1) is 0 Å². The van der Waals surface area contributed by atoms with Crippen molar-refractivity contribution in [2.75, 3.05) is 12.3 Å². The summed E-state index contributed by atoms with van der Waals surface area (Å²) < 4.78 is 6.39. The molecule has 1 heterocycles. The maximum absolute atomic E-state index is 11.6. The van der Waals surface area contributed by atoms with Gasteiger partial charge < -0.3 is 15.8 Å². The summed E-state index contributed by atoms with van der Waals surface area (Å²) in [6, 6.07) is 10.9. The van der Waals surface area contributed by atoms with E-state index in [9.17, 15) is 4.79 Å². The summed E-state index contributed by atoms with van der Waals surface area (Å²) in [5, 5.41) is 2.79. The molecule has 2 rings (SSSR count). The van der Waals surface area contributed by atoms with Crippen LogP contribution in [-0.2, 0) is 11.3 Å². The van der Waals surface area contributed by atoms with Gasteiger partial charge in [-0.3, -0.25) is 4.79 Å². The van der Waals surface area contributed by atoms with E-state index in [1.807, 2.05) is 12.1 Å². The third-order valence-corrected chi connectivity index (χ3v) is 3.96. The SMILES string of the molecule is Nc1ccc(OCC(=O)NCc2ccc(Br)s2)cc1. The number of carbonyl (C=O) groups is 1. The number of hydrogen-bond donors (Lipinski definition) is 2. The Hall–Kier alpha value is -1.53. The lowest BCUT2D eigenvalue weighted by atomic mass is 10.3. The summed E-state index contributed by atoms with van der Waals surface area (Å²) in [6.45, 7) is 0.511. The van der Waals surface area contributed by atoms with Crippen LogP contribution in [0.15, 0.2) is 40.2 Å². The highest BCUT2D eigenvalue weighted by Gasteiger charge is 2.04. The molecular formula is C13H13BrN2O2S. The number of hydrogen-bond acceptors (Lipinski definition) is 4. The van der Waals surface area contributed by atoms with E-state index in [1.54, 1.807) is 35.6 Å². The maximum Gasteiger partial charge on any atom is 0.258 e. The summed E-state index contributed by atoms with van der Waals surface area (Å²) in [5.41, 5.74) is 6.23. The standard InChI is InChI=1S/C13H13BrN2O2S/c14-12-6-5-11(19-12)7-16-13(17)8-18-10-3-1-9(15)2-4-10/h1-6H,7-8,15H2,(H,16,17). The van der Waals surface area contributed by atoms with Gasteiger partial charge in [0.1, 0.15) is 5.75 Å². The van der Waals surface area contributed by atoms with Gasteiger partial charge in [-0.05, 0) is 52.3 Å². The average Bonchev–Trinajstić information content (AvgIpc) is 2.81. The van der Waals surface area contributed by atoms with E-state index < -0.39 is 0 Å². The average molecular weight is 341 g/mol. The van der Waals surface area contributed by atoms with Crippen molar-refractivity contribution in [1.82, 2.24) is 5.32 Å². The number of benzene rings is 1. The minimum atomic E-state index is -0.152. The van der Waals surface area contributed by atoms with Crippen LogP contribution in [0.25, 0.3) is 0 Å². The number of thiophene rings is 1. The molecular weight excluding hydrogens is 328 g/mol. The molecule has 0 atom stereocenters. The van der Waals surface area contributed by atoms with Gasteiger partial charge in [-0.25, -0.2) is 0 Å². The minimum absolute atomic E-state index is 0.00351. The van der Waals surface area contributed by atoms with E-state index in [1.165, 1.54) is 0 Å². The number of anilines is 1. The highest BCUT2D eigenvalue weighted by Crippen LogP contribution is 2.21. The molecule has 1 aromatic heterocycles. The zero-order chi connectivity index (χ0) is 13.7. The van der Waals surface area contributed by atoms with Gasteiger partial charge in [0.15, 0.2) is 6.61 Å². The van der Waals surface area contributed by atoms with Crippen molar-refractivity contribution in [3.8, 4) is 5.75 Å². The van der Waals surface area contributed by atoms with Gasteiger partial charge >= 0.3 is 0 Å². The summed E-state index contributed by atoms with van der Waals surface area (Å²) in [4.78, 5) is 12.7. The first-order valence-corrected chi connectivity index (χ1v) is 7.24. The topological polar surface area (TPSA) is 64.3 Å². The molecule has 6 heteroatoms. The molecule has 0 spiro atoms. The second-order valence-corrected chi connectivity index (χ2v) is 6.39. The molecule has 0 radical (unpaired) electrons. The summed E-state index contributed by atoms with van der Waals surface area (Å²) in [6.07, 6.45) is 0. The molecule has 0 aliphatic rings. The Balaban J connectivity index is 1.74. The first-order chi connectivity index (χ1) is 9.13. The third-order valence-electron chi connectivity index (χ3n) is 2.34. The van der Waals surface area contributed by atoms with Crippen molar-refractivity contribution >= 4 is 38.9 Å². The molecule has 0 saturated carbocycles. The highest BCUT2D eigenvalue weighted by atomic mass is 79.9. The van der Waals surface area contributed by atoms with Crippen LogP contribution in [0.1, 0.15) is 4.88 Å². The Bertz CT molecular complexity index is 554. The summed E-state index contributed by atoms with van der Waals surface area (Å²) >= 11 is 4.97. The van der Waals surface area contributed by atoms with Gasteiger partial charge in [0.05, 0.1) is 10.3 Å². The number of carbonyl (C=O) groups excluding carboxylic acids is 1. The third kappa shape index (κ3) is 4.57. The number of rotatable bonds is 5. The van der Waals surface area contributed by atoms with Crippen LogP contribution in [-0.4, -0.2) is 12.5 Å². The maximum atomic E-state index is 11.6. The molecule has 19 heavy (non-hydrogen) atoms. The van der Waals surface area contributed by atoms with Gasteiger partial charge in [-0.15, -0.1) is 11.3 Å². The quantitative estimate of drug-likeness (QED) is 0.822. The zero-order valence-corrected chi connectivity index (χ0v) is 12.5. The number of nitrogens with two attached hydrogens (primary N) is 1. The molecule has 0 bridgehead atoms. The van der Waals surface area contributed by atoms with Crippen LogP contribution < -0.4 is 15.8 Å². The Labute approximate surface area is 123 Å². The second-order valence-electron chi connectivity index (χ2n) is 3.84. The van der Waals surface area contributed by atoms with Gasteiger partial charge in [0.25, 0.3) is 5.91 Å². The lowest BCUT2D eigenvalue weighted by molar-refractivity contribution is -0.123. The normalized spacial score (nSPS) is 10.2. The molecule has 1 amide bonds. The molecule has 3 N–H and O–H groups in total. The highest BCUT2D eigenvalue weighted by molar-refractivity contribution is 9.11. The first-order valence-electron chi connectivity index (χ1n) is 5.63. The number of amides is 1. The molecule has 0 saturated heterocycles. The van der Waals surface area contributed by atoms with E-state index in [0.717, 1.165) is 8.66 Å². The molecule has 2 aromatic rings. The molecule has 1 aromatic carbocycles. The fourth-order valence-electron chi connectivity index (χ4n) is 1.40. The molecule has 4 nitrogen and oxygen atoms in total. The van der Waals surface area contributed by atoms with Crippen LogP contribution >= 0.6 is 27.3 Å². The number of halogens is 1. The predicted octanol–water partition coefficient (Wildman–Crippen LogP) is 2.79. The van der Waals surface area contributed by atoms with Gasteiger partial charge in [-0.1, -0.05) is 0 Å². The smallest absolute Gasteiger partial charge is 0.258 e. The van der Waals surface area contributed by atoms with Crippen molar-refractivity contribution in [2.24, 2.45) is 0 Å². The number of ether oxygens (including phenoxy) is 1. The summed E-state index contributed by atoms with van der Waals surface area (Å²) in [5.74, 6) is 0.476. The Morgan fingerprint density at radius 1 is 1.26 bits per heavy atom. The van der Waals surface area contributed by atoms with Crippen LogP contribution in [0.2, 0.25) is 0 Å². The van der Waals surface area contributed by atoms with Crippen molar-refractivity contribution in [3.63, 3.8) is 0 Å². The largest absolute Gasteiger partial charge is 0.484 e. The Morgan fingerprint density at radius 2 is 2.00 bits per heavy atom. The van der Waals surface area contributed by atoms with Gasteiger partial charge in [-0.2, -0.15) is 0 Å². The van der Waals surface area contributed by atoms with Crippen molar-refractivity contribution in [2.45, 2.75) is 6.54 Å². The Morgan fingerprint density at radius 3 is 2.63 bits per heavy atom. The number of nitrogen functional groups attached to an aromatic ring is 1. The fraction of sp³-hybridized carbons (Fsp3) is 0.154. The van der Waals surface area contributed by atoms with E-state index in [2.05, 4.69) is 21.2 Å². The van der Waals surface area contributed by atoms with Crippen LogP contribution in [0.5, 0.6) is 5.75 Å². The van der Waals surface area contributed by atoms with Gasteiger partial charge in [0.2, 0.25) is 0 Å². The van der Waals surface area contributed by atoms with Crippen molar-refractivity contribution in [3.05, 3.63) is 45.1 Å². The fourth-order valence-corrected chi connectivity index (χ4v) is 2.82. The monoisotopic (exact) mass is 340 g/mol. The van der Waals surface area contributed by atoms with E-state index in [0.29, 0.717) is 18.0 Å². The summed E-state index contributed by atoms with van der Waals surface area (Å²) in [7, 11) is 0. The predicted molar refractivity (Wildman–Crippen MR) is 80.2 cm³/mol. The van der Waals surface area contributed by atoms with Crippen LogP contribution in [0.3, 0.4) is 0 Å². The van der Waals surface area contributed by atoms with E-state index in [-0.39, 0.29) is 12.5 Å². The lowest BCUT2D eigenvalue weighted by Crippen LogP contribution is -2.28. The molecule has 0 fully saturated rings. The number of nitrogens with one attached hydrogen (secondary N) is 1. The van der Waals surface area contributed by atoms with Crippen molar-refractivity contribution < 1.29 is 9.53 Å².